The van der Waals surface area contributed by atoms with Gasteiger partial charge in [-0.3, -0.25) is 4.79 Å². The minimum atomic E-state index is -0.951. The van der Waals surface area contributed by atoms with Crippen LogP contribution in [0.3, 0.4) is 0 Å². The molecule has 0 amide bonds. The van der Waals surface area contributed by atoms with Crippen LogP contribution in [0.25, 0.3) is 0 Å². The van der Waals surface area contributed by atoms with Gasteiger partial charge < -0.3 is 10.8 Å². The lowest BCUT2D eigenvalue weighted by molar-refractivity contribution is -0.140. The number of nitrogen functional groups attached to an aromatic ring is 1. The summed E-state index contributed by atoms with van der Waals surface area (Å²) in [6, 6.07) is 4.35. The average molecular weight is 253 g/mol. The van der Waals surface area contributed by atoms with E-state index in [0.717, 1.165) is 0 Å². The molecule has 1 aromatic carbocycles. The number of para-hydroxylation sites is 1. The molecule has 0 aliphatic rings. The summed E-state index contributed by atoms with van der Waals surface area (Å²) in [6.45, 7) is 5.88. The molecule has 3 nitrogen and oxygen atoms in total. The van der Waals surface area contributed by atoms with Crippen molar-refractivity contribution in [2.45, 2.75) is 33.1 Å². The lowest BCUT2D eigenvalue weighted by Crippen LogP contribution is -2.26. The second kappa shape index (κ2) is 5.85. The van der Waals surface area contributed by atoms with Crippen molar-refractivity contribution in [1.82, 2.24) is 0 Å². The van der Waals surface area contributed by atoms with Crippen molar-refractivity contribution in [2.24, 2.45) is 11.8 Å². The van der Waals surface area contributed by atoms with E-state index in [-0.39, 0.29) is 17.5 Å². The maximum absolute atomic E-state index is 13.5. The van der Waals surface area contributed by atoms with Gasteiger partial charge in [0.1, 0.15) is 5.82 Å². The number of carbonyl (C=O) groups is 1. The number of carboxylic acid groups (broad SMARTS) is 1. The van der Waals surface area contributed by atoms with E-state index >= 15 is 0 Å². The van der Waals surface area contributed by atoms with Crippen molar-refractivity contribution in [3.05, 3.63) is 29.6 Å². The molecule has 4 heteroatoms. The number of anilines is 1. The van der Waals surface area contributed by atoms with Crippen molar-refractivity contribution in [3.8, 4) is 0 Å². The zero-order valence-corrected chi connectivity index (χ0v) is 11.0. The molecule has 0 heterocycles. The van der Waals surface area contributed by atoms with Crippen LogP contribution in [0.4, 0.5) is 10.1 Å². The van der Waals surface area contributed by atoms with Crippen LogP contribution in [-0.2, 0) is 4.79 Å². The standard InChI is InChI=1S/C14H20FNO2/c1-4-9(8(2)3)12(14(17)18)10-6-5-7-11(15)13(10)16/h5-9,12H,4,16H2,1-3H3,(H,17,18). The van der Waals surface area contributed by atoms with Gasteiger partial charge >= 0.3 is 5.97 Å². The Bertz CT molecular complexity index is 432. The van der Waals surface area contributed by atoms with E-state index in [4.69, 9.17) is 5.73 Å². The first-order valence-electron chi connectivity index (χ1n) is 6.16. The van der Waals surface area contributed by atoms with Gasteiger partial charge in [-0.15, -0.1) is 0 Å². The number of carboxylic acids is 1. The molecule has 0 fully saturated rings. The normalized spacial score (nSPS) is 14.5. The molecular formula is C14H20FNO2. The molecule has 0 saturated carbocycles. The van der Waals surface area contributed by atoms with Crippen molar-refractivity contribution in [3.63, 3.8) is 0 Å². The Labute approximate surface area is 107 Å². The third-order valence-corrected chi connectivity index (χ3v) is 3.44. The molecule has 3 N–H and O–H groups in total. The summed E-state index contributed by atoms with van der Waals surface area (Å²) >= 11 is 0. The molecule has 0 radical (unpaired) electrons. The third-order valence-electron chi connectivity index (χ3n) is 3.44. The number of halogens is 1. The number of benzene rings is 1. The summed E-state index contributed by atoms with van der Waals surface area (Å²) in [5.41, 5.74) is 6.00. The number of aliphatic carboxylic acids is 1. The van der Waals surface area contributed by atoms with Crippen LogP contribution in [0.2, 0.25) is 0 Å². The van der Waals surface area contributed by atoms with E-state index in [0.29, 0.717) is 12.0 Å². The van der Waals surface area contributed by atoms with Crippen molar-refractivity contribution in [2.75, 3.05) is 5.73 Å². The SMILES string of the molecule is CCC(C(C)C)C(C(=O)O)c1cccc(F)c1N. The Morgan fingerprint density at radius 1 is 1.44 bits per heavy atom. The molecule has 0 bridgehead atoms. The third kappa shape index (κ3) is 2.81. The van der Waals surface area contributed by atoms with E-state index in [2.05, 4.69) is 0 Å². The molecule has 0 aromatic heterocycles. The molecule has 0 aliphatic heterocycles. The first kappa shape index (κ1) is 14.5. The van der Waals surface area contributed by atoms with Crippen molar-refractivity contribution >= 4 is 11.7 Å². The molecule has 1 aromatic rings. The fraction of sp³-hybridized carbons (Fsp3) is 0.500. The van der Waals surface area contributed by atoms with Gasteiger partial charge in [0, 0.05) is 0 Å². The van der Waals surface area contributed by atoms with Crippen LogP contribution in [0.1, 0.15) is 38.7 Å². The Morgan fingerprint density at radius 2 is 2.06 bits per heavy atom. The second-order valence-corrected chi connectivity index (χ2v) is 4.87. The van der Waals surface area contributed by atoms with Gasteiger partial charge in [0.2, 0.25) is 0 Å². The molecule has 18 heavy (non-hydrogen) atoms. The van der Waals surface area contributed by atoms with Gasteiger partial charge in [0.25, 0.3) is 0 Å². The lowest BCUT2D eigenvalue weighted by atomic mass is 9.77. The Hall–Kier alpha value is -1.58. The summed E-state index contributed by atoms with van der Waals surface area (Å²) in [6.07, 6.45) is 0.713. The number of rotatable bonds is 5. The van der Waals surface area contributed by atoms with Gasteiger partial charge in [-0.25, -0.2) is 4.39 Å². The number of hydrogen-bond acceptors (Lipinski definition) is 2. The van der Waals surface area contributed by atoms with Gasteiger partial charge in [-0.1, -0.05) is 39.3 Å². The van der Waals surface area contributed by atoms with Crippen LogP contribution in [0, 0.1) is 17.7 Å². The molecule has 1 rings (SSSR count). The predicted molar refractivity (Wildman–Crippen MR) is 69.8 cm³/mol. The van der Waals surface area contributed by atoms with Gasteiger partial charge in [0.05, 0.1) is 11.6 Å². The zero-order chi connectivity index (χ0) is 13.9. The van der Waals surface area contributed by atoms with Gasteiger partial charge in [0.15, 0.2) is 0 Å². The highest BCUT2D eigenvalue weighted by Gasteiger charge is 2.32. The summed E-state index contributed by atoms with van der Waals surface area (Å²) < 4.78 is 13.5. The van der Waals surface area contributed by atoms with E-state index in [9.17, 15) is 14.3 Å². The predicted octanol–water partition coefficient (Wildman–Crippen LogP) is 3.26. The van der Waals surface area contributed by atoms with Crippen molar-refractivity contribution in [1.29, 1.82) is 0 Å². The second-order valence-electron chi connectivity index (χ2n) is 4.87. The van der Waals surface area contributed by atoms with E-state index in [1.165, 1.54) is 12.1 Å². The fourth-order valence-corrected chi connectivity index (χ4v) is 2.46. The number of nitrogens with two attached hydrogens (primary N) is 1. The molecule has 0 spiro atoms. The first-order valence-corrected chi connectivity index (χ1v) is 6.16. The highest BCUT2D eigenvalue weighted by atomic mass is 19.1. The van der Waals surface area contributed by atoms with E-state index in [1.807, 2.05) is 20.8 Å². The lowest BCUT2D eigenvalue weighted by Gasteiger charge is -2.27. The van der Waals surface area contributed by atoms with Gasteiger partial charge in [-0.05, 0) is 23.5 Å². The minimum Gasteiger partial charge on any atom is -0.481 e. The van der Waals surface area contributed by atoms with E-state index in [1.54, 1.807) is 6.07 Å². The largest absolute Gasteiger partial charge is 0.481 e. The first-order chi connectivity index (χ1) is 8.40. The van der Waals surface area contributed by atoms with Gasteiger partial charge in [-0.2, -0.15) is 0 Å². The average Bonchev–Trinajstić information content (AvgIpc) is 2.29. The Kier molecular flexibility index (Phi) is 4.70. The van der Waals surface area contributed by atoms with Crippen molar-refractivity contribution < 1.29 is 14.3 Å². The highest BCUT2D eigenvalue weighted by Crippen LogP contribution is 2.36. The van der Waals surface area contributed by atoms with E-state index < -0.39 is 17.7 Å². The Morgan fingerprint density at radius 3 is 2.50 bits per heavy atom. The number of hydrogen-bond donors (Lipinski definition) is 2. The maximum Gasteiger partial charge on any atom is 0.311 e. The summed E-state index contributed by atoms with van der Waals surface area (Å²) in [7, 11) is 0. The van der Waals surface area contributed by atoms with Crippen LogP contribution >= 0.6 is 0 Å². The zero-order valence-electron chi connectivity index (χ0n) is 11.0. The topological polar surface area (TPSA) is 63.3 Å². The molecule has 100 valence electrons. The summed E-state index contributed by atoms with van der Waals surface area (Å²) in [4.78, 5) is 11.5. The highest BCUT2D eigenvalue weighted by molar-refractivity contribution is 5.79. The smallest absolute Gasteiger partial charge is 0.311 e. The minimum absolute atomic E-state index is 0.0519. The molecular weight excluding hydrogens is 233 g/mol. The quantitative estimate of drug-likeness (QED) is 0.792. The fourth-order valence-electron chi connectivity index (χ4n) is 2.46. The van der Waals surface area contributed by atoms with Crippen LogP contribution in [0.15, 0.2) is 18.2 Å². The maximum atomic E-state index is 13.5. The molecule has 0 saturated heterocycles. The monoisotopic (exact) mass is 253 g/mol. The van der Waals surface area contributed by atoms with Crippen LogP contribution in [0.5, 0.6) is 0 Å². The molecule has 2 unspecified atom stereocenters. The molecule has 2 atom stereocenters. The Balaban J connectivity index is 3.28. The summed E-state index contributed by atoms with van der Waals surface area (Å²) in [5.74, 6) is -2.14. The molecule has 0 aliphatic carbocycles. The summed E-state index contributed by atoms with van der Waals surface area (Å²) in [5, 5.41) is 9.41. The van der Waals surface area contributed by atoms with Crippen LogP contribution < -0.4 is 5.73 Å². The van der Waals surface area contributed by atoms with Crippen LogP contribution in [-0.4, -0.2) is 11.1 Å².